The van der Waals surface area contributed by atoms with Gasteiger partial charge in [-0.15, -0.1) is 0 Å². The van der Waals surface area contributed by atoms with Crippen LogP contribution in [-0.2, 0) is 17.8 Å². The van der Waals surface area contributed by atoms with Crippen molar-refractivity contribution < 1.29 is 9.53 Å². The summed E-state index contributed by atoms with van der Waals surface area (Å²) < 4.78 is 6.12. The largest absolute Gasteiger partial charge is 0.491 e. The molecule has 1 amide bonds. The van der Waals surface area contributed by atoms with E-state index in [9.17, 15) is 4.79 Å². The quantitative estimate of drug-likeness (QED) is 0.874. The Kier molecular flexibility index (Phi) is 7.49. The van der Waals surface area contributed by atoms with E-state index in [4.69, 9.17) is 4.74 Å². The predicted octanol–water partition coefficient (Wildman–Crippen LogP) is 4.04. The number of hydrogen-bond donors (Lipinski definition) is 1. The topological polar surface area (TPSA) is 41.6 Å². The zero-order chi connectivity index (χ0) is 19.8. The van der Waals surface area contributed by atoms with Gasteiger partial charge >= 0.3 is 0 Å². The summed E-state index contributed by atoms with van der Waals surface area (Å²) in [6, 6.07) is 18.7. The van der Waals surface area contributed by atoms with E-state index in [1.165, 1.54) is 11.1 Å². The third-order valence-corrected chi connectivity index (χ3v) is 5.33. The first-order valence-corrected chi connectivity index (χ1v) is 10.4. The number of carbonyl (C=O) groups is 1. The molecule has 28 heavy (non-hydrogen) atoms. The van der Waals surface area contributed by atoms with E-state index in [-0.39, 0.29) is 11.9 Å². The zero-order valence-electron chi connectivity index (χ0n) is 17.1. The van der Waals surface area contributed by atoms with Crippen LogP contribution < -0.4 is 10.1 Å². The number of amides is 1. The third-order valence-electron chi connectivity index (χ3n) is 5.33. The SMILES string of the molecule is CC(C)[C@H]1COc2ccccc2CCCCN(Cc2ccccc2)CC(=O)N1. The molecule has 1 heterocycles. The van der Waals surface area contributed by atoms with E-state index in [0.29, 0.717) is 19.1 Å². The van der Waals surface area contributed by atoms with Crippen molar-refractivity contribution in [2.45, 2.75) is 45.7 Å². The van der Waals surface area contributed by atoms with Gasteiger partial charge < -0.3 is 10.1 Å². The summed E-state index contributed by atoms with van der Waals surface area (Å²) in [6.07, 6.45) is 3.14. The monoisotopic (exact) mass is 380 g/mol. The van der Waals surface area contributed by atoms with Gasteiger partial charge in [-0.05, 0) is 48.9 Å². The maximum atomic E-state index is 12.7. The van der Waals surface area contributed by atoms with E-state index >= 15 is 0 Å². The zero-order valence-corrected chi connectivity index (χ0v) is 17.1. The summed E-state index contributed by atoms with van der Waals surface area (Å²) in [6.45, 7) is 6.88. The molecule has 3 rings (SSSR count). The number of para-hydroxylation sites is 1. The molecule has 1 N–H and O–H groups in total. The van der Waals surface area contributed by atoms with Crippen molar-refractivity contribution in [1.29, 1.82) is 0 Å². The Balaban J connectivity index is 1.75. The molecule has 150 valence electrons. The lowest BCUT2D eigenvalue weighted by Crippen LogP contribution is -2.46. The van der Waals surface area contributed by atoms with Gasteiger partial charge in [-0.3, -0.25) is 9.69 Å². The van der Waals surface area contributed by atoms with Crippen LogP contribution in [0, 0.1) is 5.92 Å². The van der Waals surface area contributed by atoms with Crippen LogP contribution in [0.1, 0.15) is 37.8 Å². The molecule has 0 bridgehead atoms. The van der Waals surface area contributed by atoms with Gasteiger partial charge in [0.05, 0.1) is 12.6 Å². The molecule has 0 fully saturated rings. The van der Waals surface area contributed by atoms with Crippen molar-refractivity contribution >= 4 is 5.91 Å². The van der Waals surface area contributed by atoms with Gasteiger partial charge in [-0.25, -0.2) is 0 Å². The van der Waals surface area contributed by atoms with Crippen molar-refractivity contribution in [3.05, 3.63) is 65.7 Å². The number of benzene rings is 2. The minimum Gasteiger partial charge on any atom is -0.491 e. The van der Waals surface area contributed by atoms with Crippen LogP contribution in [0.25, 0.3) is 0 Å². The standard InChI is InChI=1S/C24H32N2O2/c1-19(2)22-18-28-23-14-7-6-12-21(23)13-8-9-15-26(17-24(27)25-22)16-20-10-4-3-5-11-20/h3-7,10-12,14,19,22H,8-9,13,15-18H2,1-2H3,(H,25,27)/t22-/m1/s1. The highest BCUT2D eigenvalue weighted by Crippen LogP contribution is 2.21. The second-order valence-corrected chi connectivity index (χ2v) is 7.99. The molecule has 2 aromatic rings. The van der Waals surface area contributed by atoms with Crippen LogP contribution in [0.5, 0.6) is 5.75 Å². The Morgan fingerprint density at radius 1 is 1.07 bits per heavy atom. The molecule has 1 atom stereocenters. The number of carbonyl (C=O) groups excluding carboxylic acids is 1. The Bertz CT molecular complexity index is 745. The molecule has 1 aliphatic rings. The van der Waals surface area contributed by atoms with Gasteiger partial charge in [0.25, 0.3) is 0 Å². The van der Waals surface area contributed by atoms with E-state index in [2.05, 4.69) is 60.5 Å². The second kappa shape index (κ2) is 10.3. The van der Waals surface area contributed by atoms with Gasteiger partial charge in [0.1, 0.15) is 12.4 Å². The van der Waals surface area contributed by atoms with Crippen LogP contribution in [0.4, 0.5) is 0 Å². The molecular formula is C24H32N2O2. The highest BCUT2D eigenvalue weighted by atomic mass is 16.5. The smallest absolute Gasteiger partial charge is 0.234 e. The maximum Gasteiger partial charge on any atom is 0.234 e. The predicted molar refractivity (Wildman–Crippen MR) is 113 cm³/mol. The average Bonchev–Trinajstić information content (AvgIpc) is 2.70. The first-order valence-electron chi connectivity index (χ1n) is 10.4. The van der Waals surface area contributed by atoms with Crippen molar-refractivity contribution in [3.8, 4) is 5.75 Å². The molecule has 0 radical (unpaired) electrons. The fourth-order valence-corrected chi connectivity index (χ4v) is 3.59. The van der Waals surface area contributed by atoms with Gasteiger partial charge in [-0.1, -0.05) is 62.4 Å². The number of nitrogens with zero attached hydrogens (tertiary/aromatic N) is 1. The molecule has 0 saturated carbocycles. The number of rotatable bonds is 3. The summed E-state index contributed by atoms with van der Waals surface area (Å²) in [5.41, 5.74) is 2.50. The van der Waals surface area contributed by atoms with E-state index < -0.39 is 0 Å². The Labute approximate surface area is 168 Å². The summed E-state index contributed by atoms with van der Waals surface area (Å²) in [5, 5.41) is 3.20. The fraction of sp³-hybridized carbons (Fsp3) is 0.458. The van der Waals surface area contributed by atoms with Gasteiger partial charge in [0.2, 0.25) is 5.91 Å². The second-order valence-electron chi connectivity index (χ2n) is 7.99. The van der Waals surface area contributed by atoms with Crippen molar-refractivity contribution in [2.24, 2.45) is 5.92 Å². The summed E-state index contributed by atoms with van der Waals surface area (Å²) >= 11 is 0. The molecule has 4 heteroatoms. The normalized spacial score (nSPS) is 19.5. The van der Waals surface area contributed by atoms with Gasteiger partial charge in [0, 0.05) is 6.54 Å². The van der Waals surface area contributed by atoms with Crippen LogP contribution >= 0.6 is 0 Å². The molecule has 1 aliphatic heterocycles. The Hall–Kier alpha value is -2.33. The van der Waals surface area contributed by atoms with Crippen LogP contribution in [0.3, 0.4) is 0 Å². The van der Waals surface area contributed by atoms with Crippen LogP contribution in [0.2, 0.25) is 0 Å². The van der Waals surface area contributed by atoms with Gasteiger partial charge in [0.15, 0.2) is 0 Å². The molecule has 4 nitrogen and oxygen atoms in total. The van der Waals surface area contributed by atoms with E-state index in [1.54, 1.807) is 0 Å². The van der Waals surface area contributed by atoms with Crippen LogP contribution in [-0.4, -0.2) is 36.5 Å². The molecule has 2 aromatic carbocycles. The molecule has 0 unspecified atom stereocenters. The highest BCUT2D eigenvalue weighted by Gasteiger charge is 2.20. The minimum absolute atomic E-state index is 0.000107. The first kappa shape index (κ1) is 20.4. The van der Waals surface area contributed by atoms with Crippen molar-refractivity contribution in [2.75, 3.05) is 19.7 Å². The summed E-state index contributed by atoms with van der Waals surface area (Å²) in [4.78, 5) is 15.0. The number of fused-ring (bicyclic) bond motifs is 1. The number of aryl methyl sites for hydroxylation is 1. The minimum atomic E-state index is -0.000107. The number of hydrogen-bond acceptors (Lipinski definition) is 3. The Morgan fingerprint density at radius 3 is 2.61 bits per heavy atom. The molecule has 0 aliphatic carbocycles. The number of nitrogens with one attached hydrogen (secondary N) is 1. The molecule has 0 saturated heterocycles. The average molecular weight is 381 g/mol. The third kappa shape index (κ3) is 6.10. The van der Waals surface area contributed by atoms with Crippen molar-refractivity contribution in [3.63, 3.8) is 0 Å². The number of ether oxygens (including phenoxy) is 1. The molecule has 0 aromatic heterocycles. The fourth-order valence-electron chi connectivity index (χ4n) is 3.59. The van der Waals surface area contributed by atoms with Crippen LogP contribution in [0.15, 0.2) is 54.6 Å². The lowest BCUT2D eigenvalue weighted by molar-refractivity contribution is -0.123. The van der Waals surface area contributed by atoms with E-state index in [1.807, 2.05) is 18.2 Å². The highest BCUT2D eigenvalue weighted by molar-refractivity contribution is 5.78. The van der Waals surface area contributed by atoms with Crippen molar-refractivity contribution in [1.82, 2.24) is 10.2 Å². The molecular weight excluding hydrogens is 348 g/mol. The lowest BCUT2D eigenvalue weighted by atomic mass is 10.0. The first-order chi connectivity index (χ1) is 13.6. The summed E-state index contributed by atoms with van der Waals surface area (Å²) in [7, 11) is 0. The summed E-state index contributed by atoms with van der Waals surface area (Å²) in [5.74, 6) is 1.33. The lowest BCUT2D eigenvalue weighted by Gasteiger charge is -2.26. The van der Waals surface area contributed by atoms with E-state index in [0.717, 1.165) is 38.1 Å². The van der Waals surface area contributed by atoms with Gasteiger partial charge in [-0.2, -0.15) is 0 Å². The molecule has 0 spiro atoms. The Morgan fingerprint density at radius 2 is 1.82 bits per heavy atom. The maximum absolute atomic E-state index is 12.7.